The second-order valence-electron chi connectivity index (χ2n) is 6.76. The predicted octanol–water partition coefficient (Wildman–Crippen LogP) is 1.33. The minimum Gasteiger partial charge on any atom is -0.390 e. The Morgan fingerprint density at radius 2 is 1.87 bits per heavy atom. The third-order valence-electron chi connectivity index (χ3n) is 5.07. The van der Waals surface area contributed by atoms with Crippen molar-refractivity contribution in [3.8, 4) is 0 Å². The summed E-state index contributed by atoms with van der Waals surface area (Å²) >= 11 is 0. The first kappa shape index (κ1) is 16.4. The average molecular weight is 319 g/mol. The largest absolute Gasteiger partial charge is 0.390 e. The Hall–Kier alpha value is -1.43. The van der Waals surface area contributed by atoms with Crippen molar-refractivity contribution in [1.29, 1.82) is 0 Å². The molecule has 1 saturated heterocycles. The van der Waals surface area contributed by atoms with Crippen molar-refractivity contribution in [2.24, 2.45) is 5.41 Å². The van der Waals surface area contributed by atoms with E-state index in [1.54, 1.807) is 0 Å². The molecule has 126 valence electrons. The molecule has 5 nitrogen and oxygen atoms in total. The summed E-state index contributed by atoms with van der Waals surface area (Å²) in [7, 11) is 0. The number of carbonyl (C=O) groups excluding carboxylic acids is 1. The molecule has 5 heteroatoms. The lowest BCUT2D eigenvalue weighted by Gasteiger charge is -2.22. The van der Waals surface area contributed by atoms with Gasteiger partial charge >= 0.3 is 0 Å². The first-order valence-corrected chi connectivity index (χ1v) is 8.38. The van der Waals surface area contributed by atoms with E-state index < -0.39 is 17.6 Å². The fourth-order valence-electron chi connectivity index (χ4n) is 3.76. The van der Waals surface area contributed by atoms with Crippen LogP contribution < -0.4 is 0 Å². The van der Waals surface area contributed by atoms with Gasteiger partial charge in [-0.2, -0.15) is 0 Å². The van der Waals surface area contributed by atoms with Gasteiger partial charge in [0.15, 0.2) is 0 Å². The Balaban J connectivity index is 1.39. The van der Waals surface area contributed by atoms with Gasteiger partial charge in [-0.3, -0.25) is 4.79 Å². The summed E-state index contributed by atoms with van der Waals surface area (Å²) in [4.78, 5) is 14.4. The van der Waals surface area contributed by atoms with Gasteiger partial charge in [-0.25, -0.2) is 0 Å². The predicted molar refractivity (Wildman–Crippen MR) is 85.6 cm³/mol. The molecule has 2 N–H and O–H groups in total. The van der Waals surface area contributed by atoms with Crippen LogP contribution in [0.2, 0.25) is 0 Å². The molecule has 1 aliphatic carbocycles. The lowest BCUT2D eigenvalue weighted by Crippen LogP contribution is -2.34. The third kappa shape index (κ3) is 3.57. The smallest absolute Gasteiger partial charge is 0.229 e. The molecule has 2 fully saturated rings. The van der Waals surface area contributed by atoms with E-state index in [0.29, 0.717) is 32.6 Å². The van der Waals surface area contributed by atoms with E-state index in [2.05, 4.69) is 0 Å². The topological polar surface area (TPSA) is 70.0 Å². The second-order valence-corrected chi connectivity index (χ2v) is 6.76. The summed E-state index contributed by atoms with van der Waals surface area (Å²) in [6.07, 6.45) is 0.827. The molecular formula is C18H25NO4. The van der Waals surface area contributed by atoms with Crippen LogP contribution in [-0.2, 0) is 16.1 Å². The number of ether oxygens (including phenoxy) is 1. The summed E-state index contributed by atoms with van der Waals surface area (Å²) in [6, 6.07) is 10.0. The molecule has 1 amide bonds. The molecule has 23 heavy (non-hydrogen) atoms. The molecule has 1 heterocycles. The quantitative estimate of drug-likeness (QED) is 0.776. The summed E-state index contributed by atoms with van der Waals surface area (Å²) < 4.78 is 5.65. The van der Waals surface area contributed by atoms with Gasteiger partial charge in [-0.05, 0) is 31.2 Å². The van der Waals surface area contributed by atoms with Crippen molar-refractivity contribution in [2.45, 2.75) is 44.5 Å². The molecule has 2 aliphatic rings. The van der Waals surface area contributed by atoms with Gasteiger partial charge in [0.25, 0.3) is 0 Å². The number of nitrogens with zero attached hydrogens (tertiary/aromatic N) is 1. The zero-order valence-electron chi connectivity index (χ0n) is 13.4. The number of hydrogen-bond donors (Lipinski definition) is 2. The first-order chi connectivity index (χ1) is 11.1. The van der Waals surface area contributed by atoms with E-state index in [4.69, 9.17) is 4.74 Å². The summed E-state index contributed by atoms with van der Waals surface area (Å²) in [5, 5.41) is 19.5. The Morgan fingerprint density at radius 1 is 1.17 bits per heavy atom. The van der Waals surface area contributed by atoms with Crippen LogP contribution in [0.25, 0.3) is 0 Å². The van der Waals surface area contributed by atoms with Crippen LogP contribution in [0.15, 0.2) is 30.3 Å². The summed E-state index contributed by atoms with van der Waals surface area (Å²) in [6.45, 7) is 2.62. The average Bonchev–Trinajstić information content (AvgIpc) is 3.01. The van der Waals surface area contributed by atoms with Gasteiger partial charge in [0.1, 0.15) is 0 Å². The molecule has 1 aromatic carbocycles. The maximum Gasteiger partial charge on any atom is 0.229 e. The highest BCUT2D eigenvalue weighted by atomic mass is 16.5. The van der Waals surface area contributed by atoms with Gasteiger partial charge in [0, 0.05) is 19.7 Å². The molecule has 1 saturated carbocycles. The van der Waals surface area contributed by atoms with Crippen molar-refractivity contribution in [3.05, 3.63) is 35.9 Å². The number of aliphatic hydroxyl groups is 2. The zero-order valence-corrected chi connectivity index (χ0v) is 13.4. The van der Waals surface area contributed by atoms with E-state index in [1.807, 2.05) is 35.2 Å². The highest BCUT2D eigenvalue weighted by molar-refractivity contribution is 5.85. The van der Waals surface area contributed by atoms with Crippen LogP contribution in [0.4, 0.5) is 0 Å². The number of amides is 1. The lowest BCUT2D eigenvalue weighted by molar-refractivity contribution is -0.136. The van der Waals surface area contributed by atoms with Gasteiger partial charge < -0.3 is 19.8 Å². The minimum atomic E-state index is -0.756. The second kappa shape index (κ2) is 6.99. The van der Waals surface area contributed by atoms with Crippen LogP contribution in [0.1, 0.15) is 31.2 Å². The van der Waals surface area contributed by atoms with Crippen LogP contribution in [0, 0.1) is 5.41 Å². The van der Waals surface area contributed by atoms with Gasteiger partial charge in [-0.15, -0.1) is 0 Å². The Kier molecular flexibility index (Phi) is 4.99. The number of rotatable bonds is 6. The summed E-state index contributed by atoms with van der Waals surface area (Å²) in [5.41, 5.74) is 0.627. The van der Waals surface area contributed by atoms with Crippen LogP contribution in [-0.4, -0.2) is 52.9 Å². The molecule has 0 aromatic heterocycles. The van der Waals surface area contributed by atoms with Gasteiger partial charge in [-0.1, -0.05) is 30.3 Å². The molecule has 2 atom stereocenters. The van der Waals surface area contributed by atoms with E-state index >= 15 is 0 Å². The fourth-order valence-corrected chi connectivity index (χ4v) is 3.76. The first-order valence-electron chi connectivity index (χ1n) is 8.38. The standard InChI is InChI=1S/C18H25NO4/c20-15-11-18(12-16(15)21)7-9-19(17(18)22)8-4-10-23-13-14-5-2-1-3-6-14/h1-3,5-6,15-16,20-21H,4,7-13H2/t15-,16-/m1/s1. The number of likely N-dealkylation sites (tertiary alicyclic amines) is 1. The fraction of sp³-hybridized carbons (Fsp3) is 0.611. The Bertz CT molecular complexity index is 523. The normalized spacial score (nSPS) is 26.3. The molecule has 0 bridgehead atoms. The number of hydrogen-bond acceptors (Lipinski definition) is 4. The van der Waals surface area contributed by atoms with Crippen molar-refractivity contribution in [3.63, 3.8) is 0 Å². The van der Waals surface area contributed by atoms with Crippen LogP contribution in [0.3, 0.4) is 0 Å². The maximum atomic E-state index is 12.6. The molecule has 0 unspecified atom stereocenters. The van der Waals surface area contributed by atoms with E-state index in [9.17, 15) is 15.0 Å². The van der Waals surface area contributed by atoms with Crippen LogP contribution in [0.5, 0.6) is 0 Å². The van der Waals surface area contributed by atoms with Crippen molar-refractivity contribution >= 4 is 5.91 Å². The molecule has 1 aliphatic heterocycles. The highest BCUT2D eigenvalue weighted by Crippen LogP contribution is 2.46. The zero-order chi connectivity index (χ0) is 16.3. The number of carbonyl (C=O) groups is 1. The molecule has 1 spiro atoms. The highest BCUT2D eigenvalue weighted by Gasteiger charge is 2.53. The molecule has 3 rings (SSSR count). The Morgan fingerprint density at radius 3 is 2.57 bits per heavy atom. The lowest BCUT2D eigenvalue weighted by atomic mass is 9.84. The van der Waals surface area contributed by atoms with Crippen molar-refractivity contribution in [1.82, 2.24) is 4.90 Å². The van der Waals surface area contributed by atoms with E-state index in [0.717, 1.165) is 24.9 Å². The SMILES string of the molecule is O=C1N(CCCOCc2ccccc2)CCC12C[C@@H](O)[C@H](O)C2. The van der Waals surface area contributed by atoms with Gasteiger partial charge in [0.2, 0.25) is 5.91 Å². The number of benzene rings is 1. The number of aliphatic hydroxyl groups excluding tert-OH is 2. The molecule has 1 aromatic rings. The monoisotopic (exact) mass is 319 g/mol. The summed E-state index contributed by atoms with van der Waals surface area (Å²) in [5.74, 6) is 0.0937. The maximum absolute atomic E-state index is 12.6. The van der Waals surface area contributed by atoms with Crippen molar-refractivity contribution in [2.75, 3.05) is 19.7 Å². The van der Waals surface area contributed by atoms with Gasteiger partial charge in [0.05, 0.1) is 24.2 Å². The minimum absolute atomic E-state index is 0.0937. The van der Waals surface area contributed by atoms with Crippen LogP contribution >= 0.6 is 0 Å². The van der Waals surface area contributed by atoms with Crippen molar-refractivity contribution < 1.29 is 19.7 Å². The molecule has 0 radical (unpaired) electrons. The Labute approximate surface area is 136 Å². The van der Waals surface area contributed by atoms with E-state index in [1.165, 1.54) is 0 Å². The van der Waals surface area contributed by atoms with E-state index in [-0.39, 0.29) is 5.91 Å². The molecular weight excluding hydrogens is 294 g/mol. The third-order valence-corrected chi connectivity index (χ3v) is 5.07.